The molecular formula is C15H23NO3. The van der Waals surface area contributed by atoms with Gasteiger partial charge in [0.25, 0.3) is 0 Å². The summed E-state index contributed by atoms with van der Waals surface area (Å²) in [5, 5.41) is 12.4. The molecule has 4 nitrogen and oxygen atoms in total. The molecule has 3 aliphatic rings. The van der Waals surface area contributed by atoms with Crippen molar-refractivity contribution in [3.8, 4) is 0 Å². The van der Waals surface area contributed by atoms with E-state index in [0.717, 1.165) is 19.3 Å². The van der Waals surface area contributed by atoms with Crippen molar-refractivity contribution in [1.82, 2.24) is 5.32 Å². The first kappa shape index (κ1) is 12.9. The molecule has 0 aromatic heterocycles. The molecule has 0 saturated heterocycles. The fourth-order valence-electron chi connectivity index (χ4n) is 4.45. The molecule has 0 heterocycles. The lowest BCUT2D eigenvalue weighted by atomic mass is 9.73. The van der Waals surface area contributed by atoms with Crippen molar-refractivity contribution >= 4 is 11.9 Å². The Balaban J connectivity index is 1.66. The molecule has 3 saturated carbocycles. The molecule has 4 unspecified atom stereocenters. The Bertz CT molecular complexity index is 398. The van der Waals surface area contributed by atoms with Gasteiger partial charge in [-0.2, -0.15) is 0 Å². The summed E-state index contributed by atoms with van der Waals surface area (Å²) in [4.78, 5) is 23.7. The van der Waals surface area contributed by atoms with Crippen LogP contribution in [0.4, 0.5) is 0 Å². The van der Waals surface area contributed by atoms with E-state index in [0.29, 0.717) is 18.3 Å². The number of carbonyl (C=O) groups excluding carboxylic acids is 1. The number of amides is 1. The van der Waals surface area contributed by atoms with E-state index in [-0.39, 0.29) is 11.8 Å². The quantitative estimate of drug-likeness (QED) is 0.822. The normalized spacial score (nSPS) is 44.5. The van der Waals surface area contributed by atoms with Gasteiger partial charge in [0.05, 0.1) is 11.5 Å². The van der Waals surface area contributed by atoms with Crippen molar-refractivity contribution < 1.29 is 14.7 Å². The minimum absolute atomic E-state index is 0.116. The second-order valence-corrected chi connectivity index (χ2v) is 6.83. The predicted molar refractivity (Wildman–Crippen MR) is 70.5 cm³/mol. The molecule has 2 N–H and O–H groups in total. The maximum Gasteiger partial charge on any atom is 0.308 e. The number of hydrogen-bond donors (Lipinski definition) is 2. The van der Waals surface area contributed by atoms with Crippen LogP contribution in [0.2, 0.25) is 0 Å². The Morgan fingerprint density at radius 3 is 2.42 bits per heavy atom. The van der Waals surface area contributed by atoms with Gasteiger partial charge in [-0.05, 0) is 44.4 Å². The Kier molecular flexibility index (Phi) is 3.06. The van der Waals surface area contributed by atoms with Crippen LogP contribution in [0, 0.1) is 23.7 Å². The predicted octanol–water partition coefficient (Wildman–Crippen LogP) is 2.18. The zero-order valence-corrected chi connectivity index (χ0v) is 11.5. The average Bonchev–Trinajstić information content (AvgIpc) is 2.83. The van der Waals surface area contributed by atoms with E-state index in [9.17, 15) is 14.7 Å². The van der Waals surface area contributed by atoms with Gasteiger partial charge in [0.1, 0.15) is 0 Å². The van der Waals surface area contributed by atoms with E-state index in [2.05, 4.69) is 5.32 Å². The SMILES string of the molecule is CC1(NC(=O)C2C3CCCC32)CCCCC1C(=O)O. The van der Waals surface area contributed by atoms with Crippen LogP contribution < -0.4 is 5.32 Å². The first-order valence-corrected chi connectivity index (χ1v) is 7.58. The Morgan fingerprint density at radius 1 is 1.11 bits per heavy atom. The number of fused-ring (bicyclic) bond motifs is 1. The van der Waals surface area contributed by atoms with Crippen LogP contribution in [0.25, 0.3) is 0 Å². The number of hydrogen-bond acceptors (Lipinski definition) is 2. The van der Waals surface area contributed by atoms with Crippen LogP contribution in [-0.2, 0) is 9.59 Å². The van der Waals surface area contributed by atoms with E-state index in [1.54, 1.807) is 0 Å². The molecule has 3 aliphatic carbocycles. The topological polar surface area (TPSA) is 66.4 Å². The first-order valence-electron chi connectivity index (χ1n) is 7.58. The summed E-state index contributed by atoms with van der Waals surface area (Å²) in [5.74, 6) is 0.292. The number of nitrogens with one attached hydrogen (secondary N) is 1. The van der Waals surface area contributed by atoms with Gasteiger partial charge in [0, 0.05) is 5.92 Å². The summed E-state index contributed by atoms with van der Waals surface area (Å²) in [5.41, 5.74) is -0.544. The van der Waals surface area contributed by atoms with Gasteiger partial charge in [-0.1, -0.05) is 19.3 Å². The monoisotopic (exact) mass is 265 g/mol. The van der Waals surface area contributed by atoms with E-state index < -0.39 is 17.4 Å². The highest BCUT2D eigenvalue weighted by Crippen LogP contribution is 2.57. The van der Waals surface area contributed by atoms with Gasteiger partial charge < -0.3 is 10.4 Å². The second kappa shape index (κ2) is 4.50. The molecule has 4 atom stereocenters. The highest BCUT2D eigenvalue weighted by molar-refractivity contribution is 5.84. The molecule has 0 aromatic carbocycles. The molecule has 19 heavy (non-hydrogen) atoms. The highest BCUT2D eigenvalue weighted by Gasteiger charge is 2.57. The Hall–Kier alpha value is -1.06. The summed E-state index contributed by atoms with van der Waals surface area (Å²) >= 11 is 0. The van der Waals surface area contributed by atoms with Crippen LogP contribution in [0.1, 0.15) is 51.9 Å². The lowest BCUT2D eigenvalue weighted by Crippen LogP contribution is -2.56. The zero-order valence-electron chi connectivity index (χ0n) is 11.5. The minimum Gasteiger partial charge on any atom is -0.481 e. The van der Waals surface area contributed by atoms with Gasteiger partial charge in [-0.3, -0.25) is 9.59 Å². The van der Waals surface area contributed by atoms with Crippen LogP contribution in [0.15, 0.2) is 0 Å². The molecule has 106 valence electrons. The summed E-state index contributed by atoms with van der Waals surface area (Å²) in [6.45, 7) is 1.92. The van der Waals surface area contributed by atoms with Gasteiger partial charge in [0.15, 0.2) is 0 Å². The highest BCUT2D eigenvalue weighted by atomic mass is 16.4. The second-order valence-electron chi connectivity index (χ2n) is 6.83. The number of carbonyl (C=O) groups is 2. The van der Waals surface area contributed by atoms with E-state index in [1.807, 2.05) is 6.92 Å². The molecule has 0 aromatic rings. The molecule has 4 heteroatoms. The average molecular weight is 265 g/mol. The van der Waals surface area contributed by atoms with E-state index >= 15 is 0 Å². The molecule has 3 fully saturated rings. The Morgan fingerprint density at radius 2 is 1.79 bits per heavy atom. The molecule has 0 radical (unpaired) electrons. The number of rotatable bonds is 3. The van der Waals surface area contributed by atoms with Gasteiger partial charge in [-0.15, -0.1) is 0 Å². The lowest BCUT2D eigenvalue weighted by Gasteiger charge is -2.40. The van der Waals surface area contributed by atoms with Gasteiger partial charge in [0.2, 0.25) is 5.91 Å². The van der Waals surface area contributed by atoms with Crippen molar-refractivity contribution in [3.63, 3.8) is 0 Å². The van der Waals surface area contributed by atoms with E-state index in [4.69, 9.17) is 0 Å². The van der Waals surface area contributed by atoms with Crippen molar-refractivity contribution in [3.05, 3.63) is 0 Å². The number of carboxylic acid groups (broad SMARTS) is 1. The zero-order chi connectivity index (χ0) is 13.6. The molecule has 0 bridgehead atoms. The third-order valence-electron chi connectivity index (χ3n) is 5.62. The molecular weight excluding hydrogens is 242 g/mol. The largest absolute Gasteiger partial charge is 0.481 e. The van der Waals surface area contributed by atoms with Crippen molar-refractivity contribution in [1.29, 1.82) is 0 Å². The summed E-state index contributed by atoms with van der Waals surface area (Å²) in [6.07, 6.45) is 7.06. The minimum atomic E-state index is -0.765. The standard InChI is InChI=1S/C15H23NO3/c1-15(8-3-2-7-11(15)14(18)19)16-13(17)12-9-5-4-6-10(9)12/h9-12H,2-8H2,1H3,(H,16,17)(H,18,19). The third-order valence-corrected chi connectivity index (χ3v) is 5.62. The summed E-state index contributed by atoms with van der Waals surface area (Å²) in [6, 6.07) is 0. The van der Waals surface area contributed by atoms with Crippen molar-refractivity contribution in [2.45, 2.75) is 57.4 Å². The van der Waals surface area contributed by atoms with Crippen LogP contribution in [0.3, 0.4) is 0 Å². The smallest absolute Gasteiger partial charge is 0.308 e. The number of aliphatic carboxylic acids is 1. The van der Waals surface area contributed by atoms with Crippen molar-refractivity contribution in [2.75, 3.05) is 0 Å². The van der Waals surface area contributed by atoms with Crippen LogP contribution >= 0.6 is 0 Å². The summed E-state index contributed by atoms with van der Waals surface area (Å²) in [7, 11) is 0. The first-order chi connectivity index (χ1) is 9.03. The maximum atomic E-state index is 12.4. The van der Waals surface area contributed by atoms with Crippen LogP contribution in [0.5, 0.6) is 0 Å². The van der Waals surface area contributed by atoms with Gasteiger partial charge in [-0.25, -0.2) is 0 Å². The lowest BCUT2D eigenvalue weighted by molar-refractivity contribution is -0.146. The molecule has 0 spiro atoms. The van der Waals surface area contributed by atoms with Crippen LogP contribution in [-0.4, -0.2) is 22.5 Å². The number of carboxylic acids is 1. The maximum absolute atomic E-state index is 12.4. The molecule has 3 rings (SSSR count). The van der Waals surface area contributed by atoms with Gasteiger partial charge >= 0.3 is 5.97 Å². The fourth-order valence-corrected chi connectivity index (χ4v) is 4.45. The van der Waals surface area contributed by atoms with Crippen molar-refractivity contribution in [2.24, 2.45) is 23.7 Å². The fraction of sp³-hybridized carbons (Fsp3) is 0.867. The molecule has 0 aliphatic heterocycles. The van der Waals surface area contributed by atoms with E-state index in [1.165, 1.54) is 19.3 Å². The third kappa shape index (κ3) is 2.15. The molecule has 1 amide bonds. The Labute approximate surface area is 113 Å². The summed E-state index contributed by atoms with van der Waals surface area (Å²) < 4.78 is 0.